The summed E-state index contributed by atoms with van der Waals surface area (Å²) in [5.74, 6) is 0.140. The quantitative estimate of drug-likeness (QED) is 0.277. The zero-order valence-electron chi connectivity index (χ0n) is 10.5. The molecule has 0 amide bonds. The lowest BCUT2D eigenvalue weighted by Crippen LogP contribution is -2.28. The average Bonchev–Trinajstić information content (AvgIpc) is 2.83. The van der Waals surface area contributed by atoms with Crippen LogP contribution in [0.2, 0.25) is 0 Å². The van der Waals surface area contributed by atoms with Crippen LogP contribution in [0.5, 0.6) is 0 Å². The van der Waals surface area contributed by atoms with Crippen LogP contribution in [0.25, 0.3) is 0 Å². The molecule has 0 aromatic carbocycles. The highest BCUT2D eigenvalue weighted by atomic mass is 16.6. The van der Waals surface area contributed by atoms with Crippen LogP contribution in [0.1, 0.15) is 25.3 Å². The molecule has 102 valence electrons. The lowest BCUT2D eigenvalue weighted by Gasteiger charge is -2.22. The molecule has 1 unspecified atom stereocenters. The van der Waals surface area contributed by atoms with Crippen molar-refractivity contribution in [2.45, 2.75) is 25.8 Å². The lowest BCUT2D eigenvalue weighted by atomic mass is 10.2. The molecule has 0 spiro atoms. The van der Waals surface area contributed by atoms with E-state index in [1.54, 1.807) is 0 Å². The summed E-state index contributed by atoms with van der Waals surface area (Å²) in [4.78, 5) is 16.7. The van der Waals surface area contributed by atoms with Crippen molar-refractivity contribution >= 4 is 17.3 Å². The summed E-state index contributed by atoms with van der Waals surface area (Å²) < 4.78 is 0. The maximum absolute atomic E-state index is 11.1. The number of nitrogens with zero attached hydrogens (tertiary/aromatic N) is 4. The Morgan fingerprint density at radius 3 is 3.00 bits per heavy atom. The summed E-state index contributed by atoms with van der Waals surface area (Å²) in [6.45, 7) is 2.76. The van der Waals surface area contributed by atoms with Crippen LogP contribution in [0.3, 0.4) is 0 Å². The molecule has 8 heteroatoms. The molecule has 1 saturated heterocycles. The predicted molar refractivity (Wildman–Crippen MR) is 69.4 cm³/mol. The van der Waals surface area contributed by atoms with Crippen LogP contribution in [0.15, 0.2) is 17.4 Å². The van der Waals surface area contributed by atoms with Gasteiger partial charge in [-0.1, -0.05) is 5.16 Å². The molecular weight excluding hydrogens is 250 g/mol. The molecule has 1 aromatic rings. The highest BCUT2D eigenvalue weighted by Crippen LogP contribution is 2.31. The number of rotatable bonds is 3. The first-order chi connectivity index (χ1) is 9.04. The first kappa shape index (κ1) is 13.1. The number of pyridine rings is 1. The summed E-state index contributed by atoms with van der Waals surface area (Å²) in [5, 5.41) is 22.6. The molecule has 1 aliphatic heterocycles. The van der Waals surface area contributed by atoms with E-state index in [9.17, 15) is 10.1 Å². The third kappa shape index (κ3) is 2.42. The molecule has 8 nitrogen and oxygen atoms in total. The van der Waals surface area contributed by atoms with Crippen LogP contribution in [0, 0.1) is 10.1 Å². The average molecular weight is 265 g/mol. The van der Waals surface area contributed by atoms with Crippen LogP contribution >= 0.6 is 0 Å². The topological polar surface area (TPSA) is 118 Å². The van der Waals surface area contributed by atoms with E-state index in [2.05, 4.69) is 10.1 Å². The number of aromatic nitrogens is 1. The number of oxime groups is 1. The molecule has 0 aliphatic carbocycles. The summed E-state index contributed by atoms with van der Waals surface area (Å²) in [7, 11) is 0. The van der Waals surface area contributed by atoms with Gasteiger partial charge in [0.1, 0.15) is 0 Å². The number of nitrogens with two attached hydrogens (primary N) is 1. The minimum Gasteiger partial charge on any atom is -0.409 e. The number of hydrogen-bond donors (Lipinski definition) is 2. The minimum atomic E-state index is -0.498. The van der Waals surface area contributed by atoms with E-state index in [-0.39, 0.29) is 23.1 Å². The Bertz CT molecular complexity index is 531. The number of amidine groups is 1. The summed E-state index contributed by atoms with van der Waals surface area (Å²) >= 11 is 0. The largest absolute Gasteiger partial charge is 0.409 e. The molecule has 1 atom stereocenters. The number of nitro groups is 1. The van der Waals surface area contributed by atoms with Crippen LogP contribution < -0.4 is 10.6 Å². The minimum absolute atomic E-state index is 0.127. The molecule has 2 rings (SSSR count). The van der Waals surface area contributed by atoms with Gasteiger partial charge in [-0.15, -0.1) is 0 Å². The van der Waals surface area contributed by atoms with E-state index < -0.39 is 4.92 Å². The third-order valence-corrected chi connectivity index (χ3v) is 3.27. The second-order valence-electron chi connectivity index (χ2n) is 4.49. The summed E-state index contributed by atoms with van der Waals surface area (Å²) in [6, 6.07) is 1.50. The van der Waals surface area contributed by atoms with Crippen molar-refractivity contribution in [1.82, 2.24) is 4.98 Å². The number of hydrogen-bond acceptors (Lipinski definition) is 6. The molecule has 3 N–H and O–H groups in total. The Morgan fingerprint density at radius 1 is 1.74 bits per heavy atom. The maximum Gasteiger partial charge on any atom is 0.312 e. The highest BCUT2D eigenvalue weighted by Gasteiger charge is 2.29. The van der Waals surface area contributed by atoms with E-state index in [1.165, 1.54) is 12.3 Å². The SMILES string of the molecule is CC1CCCN1c1ncc(C(N)=NO)cc1[N+](=O)[O-]. The van der Waals surface area contributed by atoms with Crippen molar-refractivity contribution < 1.29 is 10.1 Å². The lowest BCUT2D eigenvalue weighted by molar-refractivity contribution is -0.384. The van der Waals surface area contributed by atoms with Gasteiger partial charge in [0.2, 0.25) is 5.82 Å². The standard InChI is InChI=1S/C11H15N5O3/c1-7-3-2-4-15(7)11-9(16(18)19)5-8(6-13-11)10(12)14-17/h5-7,17H,2-4H2,1H3,(H2,12,14). The zero-order valence-corrected chi connectivity index (χ0v) is 10.5. The normalized spacial score (nSPS) is 19.7. The Morgan fingerprint density at radius 2 is 2.47 bits per heavy atom. The van der Waals surface area contributed by atoms with Gasteiger partial charge in [0.15, 0.2) is 5.84 Å². The molecule has 19 heavy (non-hydrogen) atoms. The molecule has 1 fully saturated rings. The van der Waals surface area contributed by atoms with E-state index in [1.807, 2.05) is 11.8 Å². The smallest absolute Gasteiger partial charge is 0.312 e. The van der Waals surface area contributed by atoms with Crippen LogP contribution in [0.4, 0.5) is 11.5 Å². The van der Waals surface area contributed by atoms with Gasteiger partial charge in [-0.2, -0.15) is 0 Å². The van der Waals surface area contributed by atoms with Gasteiger partial charge in [-0.05, 0) is 19.8 Å². The van der Waals surface area contributed by atoms with E-state index in [0.717, 1.165) is 19.4 Å². The van der Waals surface area contributed by atoms with Crippen LogP contribution in [-0.4, -0.2) is 33.5 Å². The maximum atomic E-state index is 11.1. The van der Waals surface area contributed by atoms with Crippen molar-refractivity contribution in [3.63, 3.8) is 0 Å². The van der Waals surface area contributed by atoms with Gasteiger partial charge in [0.05, 0.1) is 4.92 Å². The van der Waals surface area contributed by atoms with Gasteiger partial charge >= 0.3 is 5.69 Å². The van der Waals surface area contributed by atoms with Gasteiger partial charge in [0, 0.05) is 30.4 Å². The fourth-order valence-electron chi connectivity index (χ4n) is 2.25. The Hall–Kier alpha value is -2.38. The molecule has 1 aliphatic rings. The highest BCUT2D eigenvalue weighted by molar-refractivity contribution is 5.97. The van der Waals surface area contributed by atoms with Crippen molar-refractivity contribution in [3.8, 4) is 0 Å². The summed E-state index contributed by atoms with van der Waals surface area (Å²) in [5.41, 5.74) is 5.52. The van der Waals surface area contributed by atoms with Gasteiger partial charge in [0.25, 0.3) is 0 Å². The summed E-state index contributed by atoms with van der Waals surface area (Å²) in [6.07, 6.45) is 3.35. The Balaban J connectivity index is 2.47. The molecule has 0 bridgehead atoms. The third-order valence-electron chi connectivity index (χ3n) is 3.27. The predicted octanol–water partition coefficient (Wildman–Crippen LogP) is 1.07. The van der Waals surface area contributed by atoms with E-state index in [0.29, 0.717) is 5.82 Å². The first-order valence-corrected chi connectivity index (χ1v) is 5.93. The van der Waals surface area contributed by atoms with Crippen LogP contribution in [-0.2, 0) is 0 Å². The second-order valence-corrected chi connectivity index (χ2v) is 4.49. The van der Waals surface area contributed by atoms with Crippen molar-refractivity contribution in [3.05, 3.63) is 27.9 Å². The monoisotopic (exact) mass is 265 g/mol. The van der Waals surface area contributed by atoms with E-state index >= 15 is 0 Å². The molecular formula is C11H15N5O3. The molecule has 0 radical (unpaired) electrons. The van der Waals surface area contributed by atoms with Gasteiger partial charge < -0.3 is 15.8 Å². The fourth-order valence-corrected chi connectivity index (χ4v) is 2.25. The van der Waals surface area contributed by atoms with Crippen molar-refractivity contribution in [2.24, 2.45) is 10.9 Å². The number of anilines is 1. The Labute approximate surface area is 109 Å². The van der Waals surface area contributed by atoms with Crippen molar-refractivity contribution in [2.75, 3.05) is 11.4 Å². The fraction of sp³-hybridized carbons (Fsp3) is 0.455. The van der Waals surface area contributed by atoms with Gasteiger partial charge in [-0.3, -0.25) is 10.1 Å². The van der Waals surface area contributed by atoms with Crippen molar-refractivity contribution in [1.29, 1.82) is 0 Å². The zero-order chi connectivity index (χ0) is 14.0. The van der Waals surface area contributed by atoms with E-state index in [4.69, 9.17) is 10.9 Å². The molecule has 0 saturated carbocycles. The van der Waals surface area contributed by atoms with Gasteiger partial charge in [-0.25, -0.2) is 4.98 Å². The molecule has 2 heterocycles. The second kappa shape index (κ2) is 5.09. The first-order valence-electron chi connectivity index (χ1n) is 5.93. The molecule has 1 aromatic heterocycles. The Kier molecular flexibility index (Phi) is 3.50.